The molecule has 0 heterocycles. The van der Waals surface area contributed by atoms with Crippen molar-refractivity contribution in [2.45, 2.75) is 39.0 Å². The Morgan fingerprint density at radius 2 is 1.62 bits per heavy atom. The maximum atomic E-state index is 13.9. The Bertz CT molecular complexity index is 898. The lowest BCUT2D eigenvalue weighted by Crippen LogP contribution is -2.26. The summed E-state index contributed by atoms with van der Waals surface area (Å²) in [4.78, 5) is 0. The van der Waals surface area contributed by atoms with Gasteiger partial charge in [-0.15, -0.1) is 0 Å². The number of hydrogen-bond acceptors (Lipinski definition) is 3. The number of benzene rings is 3. The Labute approximate surface area is 172 Å². The van der Waals surface area contributed by atoms with Gasteiger partial charge in [0.2, 0.25) is 0 Å². The summed E-state index contributed by atoms with van der Waals surface area (Å²) in [6.07, 6.45) is 2.07. The van der Waals surface area contributed by atoms with Crippen LogP contribution in [0.5, 0.6) is 11.5 Å². The van der Waals surface area contributed by atoms with Crippen LogP contribution >= 0.6 is 0 Å². The number of rotatable bonds is 10. The fraction of sp³-hybridized carbons (Fsp3) is 0.280. The molecule has 29 heavy (non-hydrogen) atoms. The maximum absolute atomic E-state index is 13.9. The highest BCUT2D eigenvalue weighted by Gasteiger charge is 2.13. The van der Waals surface area contributed by atoms with E-state index in [1.165, 1.54) is 11.6 Å². The average molecular weight is 394 g/mol. The van der Waals surface area contributed by atoms with E-state index in [2.05, 4.69) is 36.5 Å². The summed E-state index contributed by atoms with van der Waals surface area (Å²) in [6, 6.07) is 23.3. The Hall–Kier alpha value is -2.85. The zero-order chi connectivity index (χ0) is 20.5. The highest BCUT2D eigenvalue weighted by atomic mass is 19.1. The number of hydrogen-bond donors (Lipinski definition) is 1. The van der Waals surface area contributed by atoms with Crippen molar-refractivity contribution in [2.24, 2.45) is 0 Å². The summed E-state index contributed by atoms with van der Waals surface area (Å²) in [5.74, 6) is 1.04. The quantitative estimate of drug-likeness (QED) is 0.492. The van der Waals surface area contributed by atoms with E-state index in [4.69, 9.17) is 9.47 Å². The molecule has 0 unspecified atom stereocenters. The predicted octanol–water partition coefficient (Wildman–Crippen LogP) is 5.52. The molecule has 1 N–H and O–H groups in total. The van der Waals surface area contributed by atoms with Gasteiger partial charge < -0.3 is 14.8 Å². The van der Waals surface area contributed by atoms with Crippen LogP contribution in [0.3, 0.4) is 0 Å². The van der Waals surface area contributed by atoms with Crippen molar-refractivity contribution >= 4 is 0 Å². The third-order valence-electron chi connectivity index (χ3n) is 4.96. The van der Waals surface area contributed by atoms with Crippen LogP contribution in [0.2, 0.25) is 0 Å². The van der Waals surface area contributed by atoms with Crippen LogP contribution in [0, 0.1) is 5.82 Å². The van der Waals surface area contributed by atoms with Gasteiger partial charge in [-0.25, -0.2) is 4.39 Å². The van der Waals surface area contributed by atoms with Crippen LogP contribution < -0.4 is 14.8 Å². The lowest BCUT2D eigenvalue weighted by Gasteiger charge is -2.18. The Morgan fingerprint density at radius 1 is 0.897 bits per heavy atom. The molecule has 0 aliphatic carbocycles. The van der Waals surface area contributed by atoms with Gasteiger partial charge in [0.15, 0.2) is 11.5 Å². The smallest absolute Gasteiger partial charge is 0.166 e. The van der Waals surface area contributed by atoms with Crippen molar-refractivity contribution in [2.75, 3.05) is 7.11 Å². The first kappa shape index (κ1) is 20.9. The Balaban J connectivity index is 1.61. The van der Waals surface area contributed by atoms with Crippen LogP contribution in [-0.4, -0.2) is 13.2 Å². The maximum Gasteiger partial charge on any atom is 0.166 e. The molecule has 3 aromatic carbocycles. The van der Waals surface area contributed by atoms with Crippen molar-refractivity contribution in [1.29, 1.82) is 0 Å². The minimum Gasteiger partial charge on any atom is -0.493 e. The molecule has 0 aromatic heterocycles. The van der Waals surface area contributed by atoms with Gasteiger partial charge in [0.1, 0.15) is 12.4 Å². The Morgan fingerprint density at radius 3 is 2.38 bits per heavy atom. The van der Waals surface area contributed by atoms with Crippen LogP contribution in [0.15, 0.2) is 72.8 Å². The van der Waals surface area contributed by atoms with E-state index in [0.717, 1.165) is 18.4 Å². The lowest BCUT2D eigenvalue weighted by molar-refractivity contribution is 0.275. The molecule has 0 radical (unpaired) electrons. The molecule has 0 aliphatic rings. The molecule has 3 aromatic rings. The van der Waals surface area contributed by atoms with Crippen LogP contribution in [-0.2, 0) is 19.6 Å². The molecular formula is C25H28FNO2. The molecule has 152 valence electrons. The summed E-state index contributed by atoms with van der Waals surface area (Å²) in [5, 5.41) is 3.56. The normalized spacial score (nSPS) is 11.8. The summed E-state index contributed by atoms with van der Waals surface area (Å²) >= 11 is 0. The first-order valence-electron chi connectivity index (χ1n) is 9.96. The largest absolute Gasteiger partial charge is 0.493 e. The summed E-state index contributed by atoms with van der Waals surface area (Å²) in [7, 11) is 1.62. The number of halogens is 1. The van der Waals surface area contributed by atoms with Gasteiger partial charge in [0, 0.05) is 23.7 Å². The van der Waals surface area contributed by atoms with Gasteiger partial charge in [-0.2, -0.15) is 0 Å². The molecule has 0 amide bonds. The lowest BCUT2D eigenvalue weighted by atomic mass is 10.1. The summed E-state index contributed by atoms with van der Waals surface area (Å²) in [6.45, 7) is 2.99. The van der Waals surface area contributed by atoms with Crippen molar-refractivity contribution in [3.63, 3.8) is 0 Å². The van der Waals surface area contributed by atoms with Crippen molar-refractivity contribution in [3.05, 3.63) is 95.3 Å². The molecule has 1 atom stereocenters. The third kappa shape index (κ3) is 6.06. The van der Waals surface area contributed by atoms with Crippen molar-refractivity contribution in [1.82, 2.24) is 5.32 Å². The highest BCUT2D eigenvalue weighted by molar-refractivity contribution is 5.46. The van der Waals surface area contributed by atoms with Crippen LogP contribution in [0.25, 0.3) is 0 Å². The first-order valence-corrected chi connectivity index (χ1v) is 9.96. The van der Waals surface area contributed by atoms with Crippen LogP contribution in [0.1, 0.15) is 30.0 Å². The highest BCUT2D eigenvalue weighted by Crippen LogP contribution is 2.32. The van der Waals surface area contributed by atoms with E-state index >= 15 is 0 Å². The van der Waals surface area contributed by atoms with Gasteiger partial charge in [0.05, 0.1) is 7.11 Å². The molecule has 0 saturated carbocycles. The Kier molecular flexibility index (Phi) is 7.65. The SMILES string of the molecule is COc1cccc(CN[C@H](C)CCc2ccccc2)c1OCc1ccccc1F. The number of aryl methyl sites for hydroxylation is 1. The van der Waals surface area contributed by atoms with Crippen molar-refractivity contribution in [3.8, 4) is 11.5 Å². The predicted molar refractivity (Wildman–Crippen MR) is 115 cm³/mol. The average Bonchev–Trinajstić information content (AvgIpc) is 2.76. The van der Waals surface area contributed by atoms with E-state index in [9.17, 15) is 4.39 Å². The zero-order valence-electron chi connectivity index (χ0n) is 17.0. The molecule has 0 saturated heterocycles. The van der Waals surface area contributed by atoms with Gasteiger partial charge in [-0.3, -0.25) is 0 Å². The van der Waals surface area contributed by atoms with Crippen molar-refractivity contribution < 1.29 is 13.9 Å². The number of ether oxygens (including phenoxy) is 2. The molecule has 3 rings (SSSR count). The second kappa shape index (κ2) is 10.6. The van der Waals surface area contributed by atoms with Crippen LogP contribution in [0.4, 0.5) is 4.39 Å². The number of methoxy groups -OCH3 is 1. The van der Waals surface area contributed by atoms with E-state index in [1.54, 1.807) is 25.3 Å². The fourth-order valence-electron chi connectivity index (χ4n) is 3.20. The molecule has 3 nitrogen and oxygen atoms in total. The van der Waals surface area contributed by atoms with Gasteiger partial charge >= 0.3 is 0 Å². The molecular weight excluding hydrogens is 365 g/mol. The molecule has 0 aliphatic heterocycles. The second-order valence-corrected chi connectivity index (χ2v) is 7.13. The topological polar surface area (TPSA) is 30.5 Å². The summed E-state index contributed by atoms with van der Waals surface area (Å²) in [5.41, 5.74) is 2.86. The molecule has 0 bridgehead atoms. The number of para-hydroxylation sites is 1. The van der Waals surface area contributed by atoms with Gasteiger partial charge in [0.25, 0.3) is 0 Å². The fourth-order valence-corrected chi connectivity index (χ4v) is 3.20. The summed E-state index contributed by atoms with van der Waals surface area (Å²) < 4.78 is 25.4. The third-order valence-corrected chi connectivity index (χ3v) is 4.96. The standard InChI is InChI=1S/C25H28FNO2/c1-19(15-16-20-9-4-3-5-10-20)27-17-21-12-8-14-24(28-2)25(21)29-18-22-11-6-7-13-23(22)26/h3-14,19,27H,15-18H2,1-2H3/t19-/m1/s1. The second-order valence-electron chi connectivity index (χ2n) is 7.13. The van der Waals surface area contributed by atoms with E-state index in [1.807, 2.05) is 24.3 Å². The van der Waals surface area contributed by atoms with E-state index < -0.39 is 0 Å². The zero-order valence-corrected chi connectivity index (χ0v) is 17.0. The minimum absolute atomic E-state index is 0.156. The molecule has 0 spiro atoms. The van der Waals surface area contributed by atoms with Gasteiger partial charge in [-0.1, -0.05) is 60.7 Å². The van der Waals surface area contributed by atoms with Gasteiger partial charge in [-0.05, 0) is 37.5 Å². The van der Waals surface area contributed by atoms with E-state index in [0.29, 0.717) is 29.6 Å². The minimum atomic E-state index is -0.267. The monoisotopic (exact) mass is 393 g/mol. The first-order chi connectivity index (χ1) is 14.2. The molecule has 0 fully saturated rings. The van der Waals surface area contributed by atoms with E-state index in [-0.39, 0.29) is 12.4 Å². The molecule has 4 heteroatoms. The number of nitrogens with one attached hydrogen (secondary N) is 1.